The zero-order chi connectivity index (χ0) is 30.7. The highest BCUT2D eigenvalue weighted by atomic mass is 16.2. The fourth-order valence-electron chi connectivity index (χ4n) is 8.71. The molecule has 2 N–H and O–H groups in total. The third kappa shape index (κ3) is 6.51. The van der Waals surface area contributed by atoms with Crippen molar-refractivity contribution in [3.05, 3.63) is 60.2 Å². The van der Waals surface area contributed by atoms with Gasteiger partial charge in [0.25, 0.3) is 0 Å². The Morgan fingerprint density at radius 3 is 2.57 bits per heavy atom. The maximum atomic E-state index is 14.3. The Hall–Kier alpha value is -3.00. The number of aryl methyl sites for hydroxylation is 1. The van der Waals surface area contributed by atoms with Crippen molar-refractivity contribution in [3.63, 3.8) is 0 Å². The van der Waals surface area contributed by atoms with Crippen LogP contribution in [0.1, 0.15) is 82.8 Å². The number of benzene rings is 1. The first-order chi connectivity index (χ1) is 21.3. The number of carbonyl (C=O) groups is 2. The summed E-state index contributed by atoms with van der Waals surface area (Å²) >= 11 is 0. The zero-order valence-electron chi connectivity index (χ0n) is 27.0. The molecule has 2 aromatic rings. The van der Waals surface area contributed by atoms with Crippen LogP contribution in [0.2, 0.25) is 0 Å². The number of carbonyl (C=O) groups excluding carboxylic acids is 2. The van der Waals surface area contributed by atoms with Crippen LogP contribution < -0.4 is 10.6 Å². The summed E-state index contributed by atoms with van der Waals surface area (Å²) in [5, 5.41) is 11.3. The quantitative estimate of drug-likeness (QED) is 0.412. The molecule has 8 nitrogen and oxygen atoms in total. The smallest absolute Gasteiger partial charge is 0.245 e. The third-order valence-electron chi connectivity index (χ3n) is 12.0. The van der Waals surface area contributed by atoms with E-state index < -0.39 is 6.04 Å². The van der Waals surface area contributed by atoms with E-state index in [0.29, 0.717) is 24.2 Å². The molecule has 2 aliphatic carbocycles. The van der Waals surface area contributed by atoms with Gasteiger partial charge in [-0.3, -0.25) is 14.3 Å². The second kappa shape index (κ2) is 13.2. The molecule has 3 fully saturated rings. The number of aromatic nitrogens is 3. The molecule has 44 heavy (non-hydrogen) atoms. The van der Waals surface area contributed by atoms with Crippen molar-refractivity contribution >= 4 is 11.8 Å². The Morgan fingerprint density at radius 1 is 1.11 bits per heavy atom. The van der Waals surface area contributed by atoms with Crippen molar-refractivity contribution < 1.29 is 9.59 Å². The topological polar surface area (TPSA) is 92.2 Å². The van der Waals surface area contributed by atoms with Crippen LogP contribution in [0.4, 0.5) is 0 Å². The molecule has 238 valence electrons. The largest absolute Gasteiger partial charge is 0.343 e. The van der Waals surface area contributed by atoms with Crippen LogP contribution in [0.5, 0.6) is 0 Å². The average molecular weight is 601 g/mol. The number of rotatable bonds is 8. The van der Waals surface area contributed by atoms with E-state index in [1.807, 2.05) is 15.9 Å². The van der Waals surface area contributed by atoms with Crippen LogP contribution in [0, 0.1) is 35.5 Å². The summed E-state index contributed by atoms with van der Waals surface area (Å²) in [6.07, 6.45) is 18.8. The van der Waals surface area contributed by atoms with E-state index in [4.69, 9.17) is 0 Å². The monoisotopic (exact) mass is 600 g/mol. The lowest BCUT2D eigenvalue weighted by atomic mass is 9.61. The molecular weight excluding hydrogens is 548 g/mol. The van der Waals surface area contributed by atoms with E-state index in [0.717, 1.165) is 57.4 Å². The normalized spacial score (nSPS) is 29.5. The predicted octanol–water partition coefficient (Wildman–Crippen LogP) is 5.08. The molecule has 3 unspecified atom stereocenters. The van der Waals surface area contributed by atoms with Crippen LogP contribution in [0.25, 0.3) is 0 Å². The summed E-state index contributed by atoms with van der Waals surface area (Å²) in [7, 11) is 0. The number of fused-ring (bicyclic) bond motifs is 1. The van der Waals surface area contributed by atoms with Gasteiger partial charge in [-0.25, -0.2) is 4.98 Å². The molecular formula is C36H52N6O2. The molecule has 1 saturated carbocycles. The molecule has 5 atom stereocenters. The van der Waals surface area contributed by atoms with E-state index in [1.54, 1.807) is 6.33 Å². The summed E-state index contributed by atoms with van der Waals surface area (Å²) in [5.74, 6) is 1.59. The molecule has 1 aromatic carbocycles. The Kier molecular flexibility index (Phi) is 9.27. The van der Waals surface area contributed by atoms with Crippen LogP contribution in [-0.4, -0.2) is 63.2 Å². The van der Waals surface area contributed by atoms with Gasteiger partial charge in [0.05, 0.1) is 6.04 Å². The Morgan fingerprint density at radius 2 is 1.86 bits per heavy atom. The molecule has 2 amide bonds. The maximum absolute atomic E-state index is 14.3. The number of nitrogens with one attached hydrogen (secondary N) is 2. The minimum atomic E-state index is -0.585. The van der Waals surface area contributed by atoms with Gasteiger partial charge in [0.2, 0.25) is 11.8 Å². The van der Waals surface area contributed by atoms with E-state index in [-0.39, 0.29) is 28.7 Å². The molecule has 8 heteroatoms. The minimum absolute atomic E-state index is 0.0451. The second-order valence-electron chi connectivity index (χ2n) is 14.7. The standard InChI is InChI=1S/C36H52N6O2/c1-26-12-14-28(15-13-26)20-32(40-33(43)31-21-30-11-7-8-27(2)35(30,3)22-38-31)34(44)41-18-16-36(17-19-41,23-42-25-37-24-39-42)29-9-5-4-6-10-29/h7,11-15,24-25,27,29-32,38H,4-6,8-10,16-23H2,1-3H3,(H,40,43)/t27?,30?,31-,32-,35?/m1/s1. The fourth-order valence-corrected chi connectivity index (χ4v) is 8.71. The lowest BCUT2D eigenvalue weighted by molar-refractivity contribution is -0.140. The highest BCUT2D eigenvalue weighted by Gasteiger charge is 2.46. The number of nitrogens with zero attached hydrogens (tertiary/aromatic N) is 4. The lowest BCUT2D eigenvalue weighted by Gasteiger charge is -2.49. The van der Waals surface area contributed by atoms with E-state index >= 15 is 0 Å². The van der Waals surface area contributed by atoms with E-state index in [2.05, 4.69) is 77.9 Å². The summed E-state index contributed by atoms with van der Waals surface area (Å²) in [4.78, 5) is 34.3. The van der Waals surface area contributed by atoms with Gasteiger partial charge in [-0.05, 0) is 79.6 Å². The van der Waals surface area contributed by atoms with Crippen LogP contribution in [0.15, 0.2) is 49.1 Å². The summed E-state index contributed by atoms with van der Waals surface area (Å²) in [6, 6.07) is 7.47. The first kappa shape index (κ1) is 31.0. The van der Waals surface area contributed by atoms with Gasteiger partial charge < -0.3 is 15.5 Å². The first-order valence-corrected chi connectivity index (χ1v) is 17.1. The van der Waals surface area contributed by atoms with Crippen LogP contribution in [0.3, 0.4) is 0 Å². The molecule has 2 aliphatic heterocycles. The highest BCUT2D eigenvalue weighted by molar-refractivity contribution is 5.90. The van der Waals surface area contributed by atoms with Crippen LogP contribution >= 0.6 is 0 Å². The van der Waals surface area contributed by atoms with Crippen molar-refractivity contribution in [1.29, 1.82) is 0 Å². The van der Waals surface area contributed by atoms with Gasteiger partial charge in [0.15, 0.2) is 0 Å². The molecule has 0 radical (unpaired) electrons. The molecule has 0 spiro atoms. The molecule has 6 rings (SSSR count). The molecule has 0 bridgehead atoms. The van der Waals surface area contributed by atoms with Gasteiger partial charge >= 0.3 is 0 Å². The molecule has 4 aliphatic rings. The number of piperidine rings is 2. The number of allylic oxidation sites excluding steroid dienone is 2. The maximum Gasteiger partial charge on any atom is 0.245 e. The van der Waals surface area contributed by atoms with Gasteiger partial charge in [0.1, 0.15) is 18.7 Å². The Balaban J connectivity index is 1.16. The number of likely N-dealkylation sites (tertiary alicyclic amines) is 1. The number of hydrogen-bond donors (Lipinski definition) is 2. The zero-order valence-corrected chi connectivity index (χ0v) is 27.0. The average Bonchev–Trinajstić information content (AvgIpc) is 3.55. The van der Waals surface area contributed by atoms with Crippen molar-refractivity contribution in [2.24, 2.45) is 28.6 Å². The van der Waals surface area contributed by atoms with Gasteiger partial charge in [-0.1, -0.05) is 75.1 Å². The lowest BCUT2D eigenvalue weighted by Crippen LogP contribution is -2.60. The van der Waals surface area contributed by atoms with Crippen molar-refractivity contribution in [3.8, 4) is 0 Å². The Bertz CT molecular complexity index is 1290. The SMILES string of the molecule is Cc1ccc(C[C@@H](NC(=O)[C@H]2CC3C=CCC(C)C3(C)CN2)C(=O)N2CCC(Cn3cncn3)(C3CCCCC3)CC2)cc1. The van der Waals surface area contributed by atoms with Gasteiger partial charge in [-0.2, -0.15) is 5.10 Å². The summed E-state index contributed by atoms with van der Waals surface area (Å²) in [5.41, 5.74) is 2.55. The van der Waals surface area contributed by atoms with Gasteiger partial charge in [-0.15, -0.1) is 0 Å². The first-order valence-electron chi connectivity index (χ1n) is 17.1. The third-order valence-corrected chi connectivity index (χ3v) is 12.0. The van der Waals surface area contributed by atoms with E-state index in [9.17, 15) is 9.59 Å². The number of hydrogen-bond acceptors (Lipinski definition) is 5. The number of amides is 2. The van der Waals surface area contributed by atoms with E-state index in [1.165, 1.54) is 37.7 Å². The van der Waals surface area contributed by atoms with Crippen molar-refractivity contribution in [2.45, 2.75) is 104 Å². The predicted molar refractivity (Wildman–Crippen MR) is 173 cm³/mol. The summed E-state index contributed by atoms with van der Waals surface area (Å²) in [6.45, 7) is 9.86. The van der Waals surface area contributed by atoms with Crippen molar-refractivity contribution in [1.82, 2.24) is 30.3 Å². The Labute approximate surface area is 263 Å². The molecule has 3 heterocycles. The molecule has 2 saturated heterocycles. The van der Waals surface area contributed by atoms with Crippen LogP contribution in [-0.2, 0) is 22.6 Å². The van der Waals surface area contributed by atoms with Gasteiger partial charge in [0, 0.05) is 32.6 Å². The second-order valence-corrected chi connectivity index (χ2v) is 14.7. The fraction of sp³-hybridized carbons (Fsp3) is 0.667. The minimum Gasteiger partial charge on any atom is -0.343 e. The molecule has 1 aromatic heterocycles. The highest BCUT2D eigenvalue weighted by Crippen LogP contribution is 2.47. The summed E-state index contributed by atoms with van der Waals surface area (Å²) < 4.78 is 2.00. The van der Waals surface area contributed by atoms with Crippen molar-refractivity contribution in [2.75, 3.05) is 19.6 Å².